The Balaban J connectivity index is 1.92. The Morgan fingerprint density at radius 1 is 1.33 bits per heavy atom. The van der Waals surface area contributed by atoms with Crippen molar-refractivity contribution in [1.29, 1.82) is 0 Å². The van der Waals surface area contributed by atoms with Crippen molar-refractivity contribution in [2.75, 3.05) is 26.7 Å². The molecule has 1 saturated heterocycles. The van der Waals surface area contributed by atoms with E-state index in [0.717, 1.165) is 32.4 Å². The van der Waals surface area contributed by atoms with Crippen LogP contribution >= 0.6 is 0 Å². The average molecular weight is 214 g/mol. The lowest BCUT2D eigenvalue weighted by molar-refractivity contribution is -0.140. The molecule has 0 radical (unpaired) electrons. The molecular formula is C10H18N2O3. The van der Waals surface area contributed by atoms with Crippen molar-refractivity contribution in [3.8, 4) is 0 Å². The summed E-state index contributed by atoms with van der Waals surface area (Å²) in [7, 11) is 1.38. The zero-order valence-electron chi connectivity index (χ0n) is 9.12. The Labute approximate surface area is 89.8 Å². The third kappa shape index (κ3) is 4.18. The van der Waals surface area contributed by atoms with Crippen LogP contribution in [0.4, 0.5) is 4.79 Å². The molecule has 2 amide bonds. The molecular weight excluding hydrogens is 196 g/mol. The van der Waals surface area contributed by atoms with Gasteiger partial charge in [-0.15, -0.1) is 0 Å². The van der Waals surface area contributed by atoms with E-state index in [2.05, 4.69) is 10.1 Å². The van der Waals surface area contributed by atoms with Gasteiger partial charge in [0, 0.05) is 26.1 Å². The quantitative estimate of drug-likeness (QED) is 0.542. The summed E-state index contributed by atoms with van der Waals surface area (Å²) in [4.78, 5) is 23.8. The van der Waals surface area contributed by atoms with Crippen molar-refractivity contribution in [2.45, 2.75) is 25.7 Å². The number of unbranched alkanes of at least 4 members (excludes halogenated alkanes) is 1. The number of urea groups is 1. The molecule has 0 aromatic carbocycles. The fraction of sp³-hybridized carbons (Fsp3) is 0.800. The van der Waals surface area contributed by atoms with E-state index in [1.54, 1.807) is 4.90 Å². The van der Waals surface area contributed by atoms with Crippen molar-refractivity contribution in [1.82, 2.24) is 10.2 Å². The van der Waals surface area contributed by atoms with E-state index in [9.17, 15) is 9.59 Å². The van der Waals surface area contributed by atoms with Crippen LogP contribution in [0.1, 0.15) is 25.7 Å². The monoisotopic (exact) mass is 214 g/mol. The van der Waals surface area contributed by atoms with Gasteiger partial charge in [0.15, 0.2) is 0 Å². The number of carbonyl (C=O) groups is 2. The normalized spacial score (nSPS) is 14.3. The molecule has 1 aliphatic rings. The molecule has 0 spiro atoms. The predicted molar refractivity (Wildman–Crippen MR) is 55.5 cm³/mol. The molecule has 0 bridgehead atoms. The summed E-state index contributed by atoms with van der Waals surface area (Å²) < 4.78 is 4.51. The van der Waals surface area contributed by atoms with Crippen LogP contribution in [0.2, 0.25) is 0 Å². The molecule has 0 aromatic rings. The molecule has 0 aliphatic carbocycles. The first-order chi connectivity index (χ1) is 7.24. The van der Waals surface area contributed by atoms with Crippen LogP contribution in [0.25, 0.3) is 0 Å². The Morgan fingerprint density at radius 3 is 2.60 bits per heavy atom. The van der Waals surface area contributed by atoms with Gasteiger partial charge in [-0.3, -0.25) is 4.79 Å². The molecule has 5 nitrogen and oxygen atoms in total. The molecule has 1 heterocycles. The highest BCUT2D eigenvalue weighted by Gasteiger charge is 2.18. The second kappa shape index (κ2) is 6.27. The van der Waals surface area contributed by atoms with Gasteiger partial charge in [0.1, 0.15) is 0 Å². The van der Waals surface area contributed by atoms with Crippen molar-refractivity contribution in [3.05, 3.63) is 0 Å². The largest absolute Gasteiger partial charge is 0.469 e. The number of nitrogens with zero attached hydrogens (tertiary/aromatic N) is 1. The first-order valence-corrected chi connectivity index (χ1v) is 5.33. The van der Waals surface area contributed by atoms with Crippen molar-refractivity contribution in [3.63, 3.8) is 0 Å². The van der Waals surface area contributed by atoms with E-state index in [0.29, 0.717) is 13.0 Å². The highest BCUT2D eigenvalue weighted by atomic mass is 16.5. The molecule has 5 heteroatoms. The van der Waals surface area contributed by atoms with Crippen LogP contribution in [-0.2, 0) is 9.53 Å². The first kappa shape index (κ1) is 11.8. The summed E-state index contributed by atoms with van der Waals surface area (Å²) in [6.07, 6.45) is 3.10. The number of nitrogens with one attached hydrogen (secondary N) is 1. The number of amides is 2. The van der Waals surface area contributed by atoms with Gasteiger partial charge in [0.25, 0.3) is 0 Å². The maximum atomic E-state index is 11.3. The highest BCUT2D eigenvalue weighted by Crippen LogP contribution is 2.05. The molecule has 0 saturated carbocycles. The smallest absolute Gasteiger partial charge is 0.317 e. The summed E-state index contributed by atoms with van der Waals surface area (Å²) in [6.45, 7) is 2.37. The Bertz CT molecular complexity index is 227. The van der Waals surface area contributed by atoms with Crippen LogP contribution in [0.15, 0.2) is 0 Å². The van der Waals surface area contributed by atoms with Crippen LogP contribution in [-0.4, -0.2) is 43.6 Å². The summed E-state index contributed by atoms with van der Waals surface area (Å²) >= 11 is 0. The standard InChI is InChI=1S/C10H18N2O3/c1-15-9(13)5-2-3-6-11-10(14)12-7-4-8-12/h2-8H2,1H3,(H,11,14). The molecule has 1 aliphatic heterocycles. The van der Waals surface area contributed by atoms with E-state index < -0.39 is 0 Å². The zero-order chi connectivity index (χ0) is 11.1. The molecule has 86 valence electrons. The number of hydrogen-bond donors (Lipinski definition) is 1. The molecule has 0 unspecified atom stereocenters. The molecule has 0 atom stereocenters. The number of likely N-dealkylation sites (tertiary alicyclic amines) is 1. The van der Waals surface area contributed by atoms with Crippen molar-refractivity contribution >= 4 is 12.0 Å². The average Bonchev–Trinajstić information content (AvgIpc) is 2.14. The minimum absolute atomic E-state index is 0.0133. The van der Waals surface area contributed by atoms with Crippen LogP contribution in [0.5, 0.6) is 0 Å². The van der Waals surface area contributed by atoms with Gasteiger partial charge in [0.05, 0.1) is 7.11 Å². The molecule has 1 N–H and O–H groups in total. The van der Waals surface area contributed by atoms with Gasteiger partial charge in [-0.25, -0.2) is 4.79 Å². The minimum Gasteiger partial charge on any atom is -0.469 e. The maximum absolute atomic E-state index is 11.3. The second-order valence-electron chi connectivity index (χ2n) is 3.61. The second-order valence-corrected chi connectivity index (χ2v) is 3.61. The van der Waals surface area contributed by atoms with Crippen LogP contribution < -0.4 is 5.32 Å². The number of rotatable bonds is 5. The summed E-state index contributed by atoms with van der Waals surface area (Å²) in [5, 5.41) is 2.81. The summed E-state index contributed by atoms with van der Waals surface area (Å²) in [6, 6.07) is 0.0133. The van der Waals surface area contributed by atoms with Gasteiger partial charge >= 0.3 is 12.0 Å². The van der Waals surface area contributed by atoms with Crippen molar-refractivity contribution in [2.24, 2.45) is 0 Å². The first-order valence-electron chi connectivity index (χ1n) is 5.33. The number of esters is 1. The van der Waals surface area contributed by atoms with Gasteiger partial charge in [-0.05, 0) is 19.3 Å². The van der Waals surface area contributed by atoms with Gasteiger partial charge in [-0.1, -0.05) is 0 Å². The lowest BCUT2D eigenvalue weighted by Crippen LogP contribution is -2.47. The fourth-order valence-corrected chi connectivity index (χ4v) is 1.32. The van der Waals surface area contributed by atoms with Crippen LogP contribution in [0.3, 0.4) is 0 Å². The predicted octanol–water partition coefficient (Wildman–Crippen LogP) is 0.745. The molecule has 1 fully saturated rings. The van der Waals surface area contributed by atoms with E-state index in [1.807, 2.05) is 0 Å². The van der Waals surface area contributed by atoms with E-state index >= 15 is 0 Å². The fourth-order valence-electron chi connectivity index (χ4n) is 1.32. The van der Waals surface area contributed by atoms with E-state index in [1.165, 1.54) is 7.11 Å². The highest BCUT2D eigenvalue weighted by molar-refractivity contribution is 5.74. The molecule has 1 rings (SSSR count). The summed E-state index contributed by atoms with van der Waals surface area (Å²) in [5.74, 6) is -0.191. The number of methoxy groups -OCH3 is 1. The van der Waals surface area contributed by atoms with Crippen molar-refractivity contribution < 1.29 is 14.3 Å². The maximum Gasteiger partial charge on any atom is 0.317 e. The lowest BCUT2D eigenvalue weighted by Gasteiger charge is -2.30. The Hall–Kier alpha value is -1.26. The van der Waals surface area contributed by atoms with E-state index in [-0.39, 0.29) is 12.0 Å². The summed E-state index contributed by atoms with van der Waals surface area (Å²) in [5.41, 5.74) is 0. The molecule has 15 heavy (non-hydrogen) atoms. The minimum atomic E-state index is -0.191. The zero-order valence-corrected chi connectivity index (χ0v) is 9.12. The molecule has 0 aromatic heterocycles. The van der Waals surface area contributed by atoms with E-state index in [4.69, 9.17) is 0 Å². The SMILES string of the molecule is COC(=O)CCCCNC(=O)N1CCC1. The van der Waals surface area contributed by atoms with Gasteiger partial charge in [0.2, 0.25) is 0 Å². The number of ether oxygens (including phenoxy) is 1. The van der Waals surface area contributed by atoms with Crippen LogP contribution in [0, 0.1) is 0 Å². The number of hydrogen-bond acceptors (Lipinski definition) is 3. The van der Waals surface area contributed by atoms with Gasteiger partial charge in [-0.2, -0.15) is 0 Å². The Morgan fingerprint density at radius 2 is 2.07 bits per heavy atom. The topological polar surface area (TPSA) is 58.6 Å². The van der Waals surface area contributed by atoms with Gasteiger partial charge < -0.3 is 15.0 Å². The Kier molecular flexibility index (Phi) is 4.93. The third-order valence-corrected chi connectivity index (χ3v) is 2.45. The number of carbonyl (C=O) groups excluding carboxylic acids is 2. The lowest BCUT2D eigenvalue weighted by atomic mass is 10.2. The third-order valence-electron chi connectivity index (χ3n) is 2.45.